The number of methoxy groups -OCH3 is 1. The first-order valence-corrected chi connectivity index (χ1v) is 9.26. The number of sulfonamides is 1. The van der Waals surface area contributed by atoms with Gasteiger partial charge in [0.1, 0.15) is 0 Å². The van der Waals surface area contributed by atoms with E-state index in [1.54, 1.807) is 18.2 Å². The minimum Gasteiger partial charge on any atom is -0.466 e. The predicted molar refractivity (Wildman–Crippen MR) is 95.6 cm³/mol. The van der Waals surface area contributed by atoms with Gasteiger partial charge in [0, 0.05) is 5.02 Å². The van der Waals surface area contributed by atoms with Crippen molar-refractivity contribution in [3.8, 4) is 0 Å². The molecule has 9 heteroatoms. The molecule has 0 radical (unpaired) electrons. The number of ether oxygens (including phenoxy) is 2. The van der Waals surface area contributed by atoms with Gasteiger partial charge in [-0.25, -0.2) is 18.0 Å². The van der Waals surface area contributed by atoms with Gasteiger partial charge in [-0.2, -0.15) is 0 Å². The molecule has 0 fully saturated rings. The SMILES string of the molecule is COC(=O)[C@H](C)OC(=O)c1cccc(S(=O)(=O)Nc2cccc(Cl)c2)c1. The highest BCUT2D eigenvalue weighted by Gasteiger charge is 2.21. The summed E-state index contributed by atoms with van der Waals surface area (Å²) >= 11 is 5.84. The highest BCUT2D eigenvalue weighted by molar-refractivity contribution is 7.92. The summed E-state index contributed by atoms with van der Waals surface area (Å²) in [5.41, 5.74) is 0.263. The molecule has 1 N–H and O–H groups in total. The summed E-state index contributed by atoms with van der Waals surface area (Å²) in [4.78, 5) is 23.3. The molecule has 0 aliphatic carbocycles. The van der Waals surface area contributed by atoms with Gasteiger partial charge in [-0.1, -0.05) is 23.7 Å². The lowest BCUT2D eigenvalue weighted by Crippen LogP contribution is -2.25. The summed E-state index contributed by atoms with van der Waals surface area (Å²) in [5.74, 6) is -1.56. The number of benzene rings is 2. The molecule has 0 aromatic heterocycles. The Morgan fingerprint density at radius 3 is 2.46 bits per heavy atom. The van der Waals surface area contributed by atoms with Crippen LogP contribution in [0.3, 0.4) is 0 Å². The molecule has 26 heavy (non-hydrogen) atoms. The maximum absolute atomic E-state index is 12.5. The average Bonchev–Trinajstić information content (AvgIpc) is 2.60. The van der Waals surface area contributed by atoms with Crippen LogP contribution >= 0.6 is 11.6 Å². The molecule has 138 valence electrons. The average molecular weight is 398 g/mol. The Kier molecular flexibility index (Phi) is 6.23. The van der Waals surface area contributed by atoms with Gasteiger partial charge in [-0.05, 0) is 43.3 Å². The van der Waals surface area contributed by atoms with Crippen LogP contribution in [-0.2, 0) is 24.3 Å². The zero-order valence-electron chi connectivity index (χ0n) is 13.9. The topological polar surface area (TPSA) is 98.8 Å². The van der Waals surface area contributed by atoms with E-state index in [-0.39, 0.29) is 16.1 Å². The van der Waals surface area contributed by atoms with Crippen molar-refractivity contribution in [3.05, 3.63) is 59.1 Å². The van der Waals surface area contributed by atoms with Crippen LogP contribution in [0.25, 0.3) is 0 Å². The Labute approximate surface area is 155 Å². The summed E-state index contributed by atoms with van der Waals surface area (Å²) in [6, 6.07) is 11.5. The van der Waals surface area contributed by atoms with Crippen molar-refractivity contribution < 1.29 is 27.5 Å². The van der Waals surface area contributed by atoms with Gasteiger partial charge in [0.2, 0.25) is 0 Å². The molecule has 0 spiro atoms. The van der Waals surface area contributed by atoms with E-state index in [9.17, 15) is 18.0 Å². The van der Waals surface area contributed by atoms with E-state index in [1.807, 2.05) is 0 Å². The smallest absolute Gasteiger partial charge is 0.346 e. The molecule has 0 aliphatic rings. The highest BCUT2D eigenvalue weighted by Crippen LogP contribution is 2.20. The minimum atomic E-state index is -3.94. The van der Waals surface area contributed by atoms with Crippen molar-refractivity contribution in [2.75, 3.05) is 11.8 Å². The van der Waals surface area contributed by atoms with Gasteiger partial charge < -0.3 is 9.47 Å². The van der Waals surface area contributed by atoms with Crippen molar-refractivity contribution in [2.24, 2.45) is 0 Å². The lowest BCUT2D eigenvalue weighted by atomic mass is 10.2. The molecule has 0 unspecified atom stereocenters. The second-order valence-electron chi connectivity index (χ2n) is 5.21. The van der Waals surface area contributed by atoms with E-state index >= 15 is 0 Å². The highest BCUT2D eigenvalue weighted by atomic mass is 35.5. The van der Waals surface area contributed by atoms with Crippen molar-refractivity contribution in [3.63, 3.8) is 0 Å². The standard InChI is InChI=1S/C17H16ClNO6S/c1-11(16(20)24-2)25-17(21)12-5-3-8-15(9-12)26(22,23)19-14-7-4-6-13(18)10-14/h3-11,19H,1-2H3/t11-/m0/s1. The summed E-state index contributed by atoms with van der Waals surface area (Å²) in [5, 5.41) is 0.374. The predicted octanol–water partition coefficient (Wildman–Crippen LogP) is 2.86. The van der Waals surface area contributed by atoms with E-state index in [2.05, 4.69) is 9.46 Å². The van der Waals surface area contributed by atoms with Crippen molar-refractivity contribution in [1.82, 2.24) is 0 Å². The zero-order chi connectivity index (χ0) is 19.3. The fraction of sp³-hybridized carbons (Fsp3) is 0.176. The molecule has 2 rings (SSSR count). The third kappa shape index (κ3) is 4.96. The minimum absolute atomic E-state index is 0.0188. The van der Waals surface area contributed by atoms with Gasteiger partial charge in [-0.15, -0.1) is 0 Å². The van der Waals surface area contributed by atoms with Crippen LogP contribution in [-0.4, -0.2) is 33.6 Å². The molecule has 2 aromatic rings. The Bertz CT molecular complexity index is 928. The molecule has 0 saturated heterocycles. The molecular weight excluding hydrogens is 382 g/mol. The van der Waals surface area contributed by atoms with Crippen molar-refractivity contribution in [2.45, 2.75) is 17.9 Å². The number of nitrogens with one attached hydrogen (secondary N) is 1. The van der Waals surface area contributed by atoms with Gasteiger partial charge in [0.15, 0.2) is 6.10 Å². The van der Waals surface area contributed by atoms with Crippen LogP contribution in [0.2, 0.25) is 5.02 Å². The molecule has 7 nitrogen and oxygen atoms in total. The van der Waals surface area contributed by atoms with Crippen LogP contribution in [0.5, 0.6) is 0 Å². The Morgan fingerprint density at radius 1 is 1.12 bits per heavy atom. The molecule has 0 heterocycles. The maximum Gasteiger partial charge on any atom is 0.346 e. The maximum atomic E-state index is 12.5. The summed E-state index contributed by atoms with van der Waals surface area (Å²) in [7, 11) is -2.78. The number of anilines is 1. The van der Waals surface area contributed by atoms with Crippen LogP contribution in [0.4, 0.5) is 5.69 Å². The summed E-state index contributed by atoms with van der Waals surface area (Å²) in [6.07, 6.45) is -1.11. The Balaban J connectivity index is 2.22. The van der Waals surface area contributed by atoms with Gasteiger partial charge in [0.05, 0.1) is 23.3 Å². The molecule has 0 saturated carbocycles. The van der Waals surface area contributed by atoms with E-state index in [0.717, 1.165) is 6.07 Å². The Morgan fingerprint density at radius 2 is 1.81 bits per heavy atom. The fourth-order valence-corrected chi connectivity index (χ4v) is 3.28. The van der Waals surface area contributed by atoms with Crippen LogP contribution in [0, 0.1) is 0 Å². The molecule has 0 amide bonds. The molecule has 0 aliphatic heterocycles. The number of rotatable bonds is 6. The van der Waals surface area contributed by atoms with Crippen molar-refractivity contribution in [1.29, 1.82) is 0 Å². The number of halogens is 1. The second-order valence-corrected chi connectivity index (χ2v) is 7.33. The molecule has 2 aromatic carbocycles. The van der Waals surface area contributed by atoms with E-state index < -0.39 is 28.1 Å². The quantitative estimate of drug-likeness (QED) is 0.752. The lowest BCUT2D eigenvalue weighted by molar-refractivity contribution is -0.149. The third-order valence-electron chi connectivity index (χ3n) is 3.27. The van der Waals surface area contributed by atoms with Crippen LogP contribution in [0.15, 0.2) is 53.4 Å². The number of carbonyl (C=O) groups excluding carboxylic acids is 2. The summed E-state index contributed by atoms with van der Waals surface area (Å²) in [6.45, 7) is 1.35. The zero-order valence-corrected chi connectivity index (χ0v) is 15.5. The van der Waals surface area contributed by atoms with Gasteiger partial charge >= 0.3 is 11.9 Å². The van der Waals surface area contributed by atoms with Crippen LogP contribution < -0.4 is 4.72 Å². The first-order chi connectivity index (χ1) is 12.2. The van der Waals surface area contributed by atoms with Crippen molar-refractivity contribution >= 4 is 39.3 Å². The summed E-state index contributed by atoms with van der Waals surface area (Å²) < 4.78 is 36.8. The number of esters is 2. The van der Waals surface area contributed by atoms with E-state index in [1.165, 1.54) is 38.3 Å². The number of hydrogen-bond acceptors (Lipinski definition) is 6. The molecule has 1 atom stereocenters. The van der Waals surface area contributed by atoms with E-state index in [4.69, 9.17) is 16.3 Å². The van der Waals surface area contributed by atoms with E-state index in [0.29, 0.717) is 5.02 Å². The normalized spacial score (nSPS) is 12.1. The largest absolute Gasteiger partial charge is 0.466 e. The monoisotopic (exact) mass is 397 g/mol. The fourth-order valence-electron chi connectivity index (χ4n) is 2.00. The second kappa shape index (κ2) is 8.20. The lowest BCUT2D eigenvalue weighted by Gasteiger charge is -2.12. The first-order valence-electron chi connectivity index (χ1n) is 7.40. The van der Waals surface area contributed by atoms with Gasteiger partial charge in [-0.3, -0.25) is 4.72 Å². The van der Waals surface area contributed by atoms with Gasteiger partial charge in [0.25, 0.3) is 10.0 Å². The molecular formula is C17H16ClNO6S. The Hall–Kier alpha value is -2.58. The number of carbonyl (C=O) groups is 2. The third-order valence-corrected chi connectivity index (χ3v) is 4.89. The first kappa shape index (κ1) is 19.7. The number of hydrogen-bond donors (Lipinski definition) is 1. The van der Waals surface area contributed by atoms with Crippen LogP contribution in [0.1, 0.15) is 17.3 Å². The molecule has 0 bridgehead atoms.